The summed E-state index contributed by atoms with van der Waals surface area (Å²) in [7, 11) is 0. The lowest BCUT2D eigenvalue weighted by Gasteiger charge is -2.34. The largest absolute Gasteiger partial charge is 0.474 e. The van der Waals surface area contributed by atoms with Gasteiger partial charge in [0.15, 0.2) is 4.96 Å². The highest BCUT2D eigenvalue weighted by molar-refractivity contribution is 7.15. The number of pyridine rings is 1. The number of carbonyl (C=O) groups is 1. The second kappa shape index (κ2) is 8.71. The number of ether oxygens (including phenoxy) is 1. The van der Waals surface area contributed by atoms with E-state index in [0.29, 0.717) is 54.2 Å². The first-order valence-electron chi connectivity index (χ1n) is 9.70. The van der Waals surface area contributed by atoms with E-state index in [1.807, 2.05) is 19.2 Å². The molecule has 0 atom stereocenters. The molecule has 158 valence electrons. The van der Waals surface area contributed by atoms with E-state index in [1.54, 1.807) is 27.6 Å². The monoisotopic (exact) mass is 447 g/mol. The van der Waals surface area contributed by atoms with Gasteiger partial charge in [0, 0.05) is 56.6 Å². The highest BCUT2D eigenvalue weighted by Gasteiger charge is 2.24. The molecule has 10 heteroatoms. The second-order valence-corrected chi connectivity index (χ2v) is 8.67. The summed E-state index contributed by atoms with van der Waals surface area (Å²) in [6.45, 7) is 6.94. The molecular formula is C20H22ClN5O3S. The molecule has 4 rings (SSSR count). The molecule has 4 heterocycles. The molecule has 0 radical (unpaired) electrons. The van der Waals surface area contributed by atoms with Gasteiger partial charge in [-0.3, -0.25) is 18.9 Å². The van der Waals surface area contributed by atoms with E-state index < -0.39 is 0 Å². The number of aromatic nitrogens is 3. The Hall–Kier alpha value is -2.49. The fraction of sp³-hybridized carbons (Fsp3) is 0.400. The fourth-order valence-electron chi connectivity index (χ4n) is 3.34. The number of carbonyl (C=O) groups excluding carboxylic acids is 1. The van der Waals surface area contributed by atoms with E-state index >= 15 is 0 Å². The van der Waals surface area contributed by atoms with Crippen molar-refractivity contribution < 1.29 is 9.53 Å². The van der Waals surface area contributed by atoms with Crippen molar-refractivity contribution in [3.05, 3.63) is 56.5 Å². The minimum atomic E-state index is -0.100. The van der Waals surface area contributed by atoms with Crippen LogP contribution in [0, 0.1) is 0 Å². The number of amides is 1. The van der Waals surface area contributed by atoms with Gasteiger partial charge in [-0.1, -0.05) is 11.6 Å². The van der Waals surface area contributed by atoms with Gasteiger partial charge in [-0.05, 0) is 19.9 Å². The molecule has 0 unspecified atom stereocenters. The Bertz CT molecular complexity index is 1120. The first-order valence-corrected chi connectivity index (χ1v) is 11.0. The highest BCUT2D eigenvalue weighted by atomic mass is 35.5. The van der Waals surface area contributed by atoms with Crippen LogP contribution in [-0.4, -0.2) is 62.4 Å². The minimum Gasteiger partial charge on any atom is -0.474 e. The van der Waals surface area contributed by atoms with Gasteiger partial charge in [0.1, 0.15) is 5.02 Å². The molecule has 1 aliphatic rings. The fourth-order valence-corrected chi connectivity index (χ4v) is 4.29. The molecule has 8 nitrogen and oxygen atoms in total. The van der Waals surface area contributed by atoms with Crippen molar-refractivity contribution >= 4 is 33.8 Å². The Morgan fingerprint density at radius 3 is 2.73 bits per heavy atom. The number of nitrogens with zero attached hydrogens (tertiary/aromatic N) is 5. The lowest BCUT2D eigenvalue weighted by molar-refractivity contribution is 0.0626. The van der Waals surface area contributed by atoms with Crippen LogP contribution >= 0.6 is 22.9 Å². The summed E-state index contributed by atoms with van der Waals surface area (Å²) >= 11 is 7.66. The molecule has 0 aromatic carbocycles. The topological polar surface area (TPSA) is 80.0 Å². The second-order valence-electron chi connectivity index (χ2n) is 7.39. The minimum absolute atomic E-state index is 0.0454. The maximum absolute atomic E-state index is 12.8. The van der Waals surface area contributed by atoms with Crippen LogP contribution in [0.1, 0.15) is 29.9 Å². The summed E-state index contributed by atoms with van der Waals surface area (Å²) in [6, 6.07) is 3.18. The van der Waals surface area contributed by atoms with Crippen LogP contribution in [0.5, 0.6) is 5.88 Å². The normalized spacial score (nSPS) is 15.1. The average Bonchev–Trinajstić information content (AvgIpc) is 3.18. The van der Waals surface area contributed by atoms with Gasteiger partial charge in [0.2, 0.25) is 5.88 Å². The summed E-state index contributed by atoms with van der Waals surface area (Å²) in [5.74, 6) is 0.232. The Balaban J connectivity index is 1.37. The molecule has 0 aliphatic carbocycles. The summed E-state index contributed by atoms with van der Waals surface area (Å²) in [5.41, 5.74) is 1.13. The molecule has 30 heavy (non-hydrogen) atoms. The lowest BCUT2D eigenvalue weighted by atomic mass is 10.2. The van der Waals surface area contributed by atoms with Gasteiger partial charge in [0.05, 0.1) is 17.4 Å². The molecule has 1 amide bonds. The molecular weight excluding hydrogens is 426 g/mol. The van der Waals surface area contributed by atoms with Gasteiger partial charge in [-0.25, -0.2) is 9.97 Å². The molecule has 1 fully saturated rings. The smallest absolute Gasteiger partial charge is 0.258 e. The Kier molecular flexibility index (Phi) is 6.03. The first kappa shape index (κ1) is 20.8. The summed E-state index contributed by atoms with van der Waals surface area (Å²) in [5, 5.41) is 2.18. The maximum atomic E-state index is 12.8. The third-order valence-electron chi connectivity index (χ3n) is 4.80. The molecule has 3 aromatic rings. The summed E-state index contributed by atoms with van der Waals surface area (Å²) in [4.78, 5) is 38.4. The van der Waals surface area contributed by atoms with Crippen LogP contribution in [-0.2, 0) is 6.54 Å². The maximum Gasteiger partial charge on any atom is 0.258 e. The zero-order valence-corrected chi connectivity index (χ0v) is 18.3. The number of halogens is 1. The molecule has 1 saturated heterocycles. The molecule has 0 bridgehead atoms. The first-order chi connectivity index (χ1) is 14.4. The number of hydrogen-bond donors (Lipinski definition) is 0. The zero-order chi connectivity index (χ0) is 21.3. The summed E-state index contributed by atoms with van der Waals surface area (Å²) < 4.78 is 7.07. The van der Waals surface area contributed by atoms with E-state index in [0.717, 1.165) is 5.69 Å². The number of piperazine rings is 1. The summed E-state index contributed by atoms with van der Waals surface area (Å²) in [6.07, 6.45) is 3.19. The van der Waals surface area contributed by atoms with E-state index in [4.69, 9.17) is 16.3 Å². The van der Waals surface area contributed by atoms with E-state index in [-0.39, 0.29) is 17.6 Å². The predicted molar refractivity (Wildman–Crippen MR) is 116 cm³/mol. The van der Waals surface area contributed by atoms with E-state index in [9.17, 15) is 9.59 Å². The SMILES string of the molecule is CC(C)Oc1ncc(C(=O)N2CCN(Cc3cc(=O)n4ccsc4n3)CC2)cc1Cl. The van der Waals surface area contributed by atoms with Crippen molar-refractivity contribution in [2.75, 3.05) is 26.2 Å². The Labute approximate surface area is 182 Å². The third-order valence-corrected chi connectivity index (χ3v) is 5.83. The Morgan fingerprint density at radius 1 is 1.27 bits per heavy atom. The molecule has 0 spiro atoms. The molecule has 0 N–H and O–H groups in total. The van der Waals surface area contributed by atoms with Crippen molar-refractivity contribution in [2.24, 2.45) is 0 Å². The van der Waals surface area contributed by atoms with Crippen LogP contribution in [0.25, 0.3) is 4.96 Å². The van der Waals surface area contributed by atoms with Gasteiger partial charge < -0.3 is 9.64 Å². The van der Waals surface area contributed by atoms with Crippen molar-refractivity contribution in [1.29, 1.82) is 0 Å². The molecule has 0 saturated carbocycles. The van der Waals surface area contributed by atoms with Crippen LogP contribution in [0.2, 0.25) is 5.02 Å². The predicted octanol–water partition coefficient (Wildman–Crippen LogP) is 2.55. The van der Waals surface area contributed by atoms with Gasteiger partial charge in [0.25, 0.3) is 11.5 Å². The van der Waals surface area contributed by atoms with Crippen molar-refractivity contribution in [3.8, 4) is 5.88 Å². The zero-order valence-electron chi connectivity index (χ0n) is 16.7. The van der Waals surface area contributed by atoms with Gasteiger partial charge in [-0.15, -0.1) is 11.3 Å². The lowest BCUT2D eigenvalue weighted by Crippen LogP contribution is -2.48. The molecule has 3 aromatic heterocycles. The van der Waals surface area contributed by atoms with Crippen LogP contribution in [0.4, 0.5) is 0 Å². The highest BCUT2D eigenvalue weighted by Crippen LogP contribution is 2.24. The average molecular weight is 448 g/mol. The standard InChI is InChI=1S/C20H22ClN5O3S/c1-13(2)29-18-16(21)9-14(11-22-18)19(28)25-5-3-24(4-6-25)12-15-10-17(27)26-7-8-30-20(26)23-15/h7-11,13H,3-6,12H2,1-2H3. The van der Waals surface area contributed by atoms with E-state index in [1.165, 1.54) is 17.5 Å². The van der Waals surface area contributed by atoms with Crippen LogP contribution in [0.15, 0.2) is 34.7 Å². The van der Waals surface area contributed by atoms with E-state index in [2.05, 4.69) is 14.9 Å². The van der Waals surface area contributed by atoms with Gasteiger partial charge in [-0.2, -0.15) is 0 Å². The quantitative estimate of drug-likeness (QED) is 0.598. The van der Waals surface area contributed by atoms with Crippen LogP contribution in [0.3, 0.4) is 0 Å². The van der Waals surface area contributed by atoms with Crippen molar-refractivity contribution in [3.63, 3.8) is 0 Å². The van der Waals surface area contributed by atoms with Crippen LogP contribution < -0.4 is 10.3 Å². The van der Waals surface area contributed by atoms with Crippen molar-refractivity contribution in [2.45, 2.75) is 26.5 Å². The number of fused-ring (bicyclic) bond motifs is 1. The molecule has 1 aliphatic heterocycles. The number of rotatable bonds is 5. The van der Waals surface area contributed by atoms with Crippen molar-refractivity contribution in [1.82, 2.24) is 24.2 Å². The Morgan fingerprint density at radius 2 is 2.03 bits per heavy atom. The third kappa shape index (κ3) is 4.48. The van der Waals surface area contributed by atoms with Gasteiger partial charge >= 0.3 is 0 Å². The number of hydrogen-bond acceptors (Lipinski definition) is 7. The number of thiazole rings is 1.